The molecule has 2 N–H and O–H groups in total. The van der Waals surface area contributed by atoms with Crippen molar-refractivity contribution in [3.05, 3.63) is 89.4 Å². The van der Waals surface area contributed by atoms with Crippen LogP contribution in [0.25, 0.3) is 0 Å². The van der Waals surface area contributed by atoms with Crippen LogP contribution >= 0.6 is 11.6 Å². The topological polar surface area (TPSA) is 92.3 Å². The zero-order chi connectivity index (χ0) is 20.2. The van der Waals surface area contributed by atoms with E-state index >= 15 is 0 Å². The van der Waals surface area contributed by atoms with Crippen LogP contribution in [0.3, 0.4) is 0 Å². The van der Waals surface area contributed by atoms with E-state index < -0.39 is 20.0 Å². The second-order valence-electron chi connectivity index (χ2n) is 5.95. The number of rotatable bonds is 7. The molecule has 0 aromatic heterocycles. The van der Waals surface area contributed by atoms with Gasteiger partial charge in [0.05, 0.1) is 10.6 Å². The van der Waals surface area contributed by atoms with E-state index in [0.29, 0.717) is 16.3 Å². The Morgan fingerprint density at radius 2 is 1.25 bits per heavy atom. The summed E-state index contributed by atoms with van der Waals surface area (Å²) in [5.74, 6) is -0.289. The molecule has 6 nitrogen and oxygen atoms in total. The Morgan fingerprint density at radius 1 is 0.679 bits per heavy atom. The number of sulfonamides is 2. The molecule has 0 fully saturated rings. The van der Waals surface area contributed by atoms with Gasteiger partial charge in [-0.15, -0.1) is 0 Å². The second-order valence-corrected chi connectivity index (χ2v) is 9.76. The lowest BCUT2D eigenvalue weighted by molar-refractivity contribution is 0.599. The van der Waals surface area contributed by atoms with Crippen molar-refractivity contribution in [1.82, 2.24) is 0 Å². The summed E-state index contributed by atoms with van der Waals surface area (Å²) in [6.45, 7) is 0. The van der Waals surface area contributed by atoms with E-state index in [1.54, 1.807) is 54.6 Å². The minimum absolute atomic E-state index is 0.0189. The fraction of sp³-hybridized carbons (Fsp3) is 0.0526. The molecule has 0 heterocycles. The van der Waals surface area contributed by atoms with E-state index in [9.17, 15) is 16.8 Å². The predicted octanol–water partition coefficient (Wildman–Crippen LogP) is 4.08. The summed E-state index contributed by atoms with van der Waals surface area (Å²) >= 11 is 6.00. The summed E-state index contributed by atoms with van der Waals surface area (Å²) < 4.78 is 54.4. The normalized spacial score (nSPS) is 11.8. The maximum atomic E-state index is 12.4. The van der Waals surface area contributed by atoms with Crippen LogP contribution < -0.4 is 9.44 Å². The average molecular weight is 437 g/mol. The molecular formula is C19H17ClN2O4S2. The third-order valence-electron chi connectivity index (χ3n) is 3.77. The Hall–Kier alpha value is -2.55. The smallest absolute Gasteiger partial charge is 0.261 e. The van der Waals surface area contributed by atoms with Gasteiger partial charge in [0.15, 0.2) is 0 Å². The van der Waals surface area contributed by atoms with Gasteiger partial charge < -0.3 is 0 Å². The molecule has 0 aliphatic carbocycles. The molecule has 28 heavy (non-hydrogen) atoms. The Balaban J connectivity index is 1.73. The summed E-state index contributed by atoms with van der Waals surface area (Å²) in [4.78, 5) is 0.0189. The summed E-state index contributed by atoms with van der Waals surface area (Å²) in [7, 11) is -7.48. The van der Waals surface area contributed by atoms with E-state index in [1.165, 1.54) is 24.3 Å². The molecule has 0 saturated heterocycles. The van der Waals surface area contributed by atoms with Crippen molar-refractivity contribution >= 4 is 43.0 Å². The van der Waals surface area contributed by atoms with Crippen LogP contribution in [-0.2, 0) is 25.8 Å². The summed E-state index contributed by atoms with van der Waals surface area (Å²) in [6, 6.07) is 20.6. The van der Waals surface area contributed by atoms with Gasteiger partial charge in [0.1, 0.15) is 0 Å². The largest absolute Gasteiger partial charge is 0.283 e. The lowest BCUT2D eigenvalue weighted by Crippen LogP contribution is -2.16. The van der Waals surface area contributed by atoms with Gasteiger partial charge in [0.2, 0.25) is 10.0 Å². The molecule has 0 unspecified atom stereocenters. The highest BCUT2D eigenvalue weighted by Gasteiger charge is 2.16. The van der Waals surface area contributed by atoms with Crippen LogP contribution in [0.15, 0.2) is 83.8 Å². The number of benzene rings is 3. The first-order valence-electron chi connectivity index (χ1n) is 8.17. The zero-order valence-electron chi connectivity index (χ0n) is 14.5. The highest BCUT2D eigenvalue weighted by molar-refractivity contribution is 7.92. The van der Waals surface area contributed by atoms with Crippen molar-refractivity contribution < 1.29 is 16.8 Å². The van der Waals surface area contributed by atoms with Crippen molar-refractivity contribution in [3.8, 4) is 0 Å². The number of nitrogens with one attached hydrogen (secondary N) is 2. The number of para-hydroxylation sites is 1. The zero-order valence-corrected chi connectivity index (χ0v) is 16.9. The van der Waals surface area contributed by atoms with Gasteiger partial charge in [-0.1, -0.05) is 48.0 Å². The van der Waals surface area contributed by atoms with Crippen molar-refractivity contribution in [3.63, 3.8) is 0 Å². The summed E-state index contributed by atoms with van der Waals surface area (Å²) in [5, 5.41) is 0.362. The Morgan fingerprint density at radius 3 is 1.89 bits per heavy atom. The quantitative estimate of drug-likeness (QED) is 0.583. The van der Waals surface area contributed by atoms with Gasteiger partial charge in [0, 0.05) is 16.4 Å². The molecule has 0 aliphatic heterocycles. The molecule has 3 aromatic rings. The standard InChI is InChI=1S/C19H17ClN2O4S2/c20-19-9-5-4-6-15(19)14-27(23,24)21-17-10-12-18(13-11-17)28(25,26)22-16-7-2-1-3-8-16/h1-13,21-22H,14H2. The van der Waals surface area contributed by atoms with Gasteiger partial charge >= 0.3 is 0 Å². The number of anilines is 2. The molecule has 0 bridgehead atoms. The maximum absolute atomic E-state index is 12.4. The van der Waals surface area contributed by atoms with Crippen LogP contribution in [0.5, 0.6) is 0 Å². The maximum Gasteiger partial charge on any atom is 0.261 e. The third-order valence-corrected chi connectivity index (χ3v) is 6.77. The highest BCUT2D eigenvalue weighted by Crippen LogP contribution is 2.21. The van der Waals surface area contributed by atoms with E-state index in [0.717, 1.165) is 0 Å². The Bertz CT molecular complexity index is 1160. The molecule has 0 atom stereocenters. The van der Waals surface area contributed by atoms with Gasteiger partial charge in [-0.05, 0) is 48.0 Å². The number of halogens is 1. The molecule has 3 aromatic carbocycles. The first-order valence-corrected chi connectivity index (χ1v) is 11.7. The molecule has 3 rings (SSSR count). The van der Waals surface area contributed by atoms with Gasteiger partial charge in [0.25, 0.3) is 10.0 Å². The molecule has 0 amide bonds. The van der Waals surface area contributed by atoms with E-state index in [2.05, 4.69) is 9.44 Å². The molecule has 0 saturated carbocycles. The van der Waals surface area contributed by atoms with Gasteiger partial charge in [-0.25, -0.2) is 16.8 Å². The number of hydrogen-bond donors (Lipinski definition) is 2. The van der Waals surface area contributed by atoms with Crippen molar-refractivity contribution in [2.45, 2.75) is 10.6 Å². The van der Waals surface area contributed by atoms with E-state index in [-0.39, 0.29) is 16.3 Å². The van der Waals surface area contributed by atoms with Gasteiger partial charge in [-0.3, -0.25) is 9.44 Å². The summed E-state index contributed by atoms with van der Waals surface area (Å²) in [6.07, 6.45) is 0. The minimum Gasteiger partial charge on any atom is -0.283 e. The monoisotopic (exact) mass is 436 g/mol. The van der Waals surface area contributed by atoms with Crippen LogP contribution in [0.4, 0.5) is 11.4 Å². The van der Waals surface area contributed by atoms with Crippen LogP contribution in [0.2, 0.25) is 5.02 Å². The van der Waals surface area contributed by atoms with Crippen LogP contribution in [-0.4, -0.2) is 16.8 Å². The van der Waals surface area contributed by atoms with Crippen LogP contribution in [0.1, 0.15) is 5.56 Å². The average Bonchev–Trinajstić information content (AvgIpc) is 2.64. The number of hydrogen-bond acceptors (Lipinski definition) is 4. The third kappa shape index (κ3) is 5.25. The van der Waals surface area contributed by atoms with Crippen molar-refractivity contribution in [2.24, 2.45) is 0 Å². The fourth-order valence-electron chi connectivity index (χ4n) is 2.46. The molecule has 0 spiro atoms. The molecule has 146 valence electrons. The SMILES string of the molecule is O=S(=O)(Cc1ccccc1Cl)Nc1ccc(S(=O)(=O)Nc2ccccc2)cc1. The molecule has 9 heteroatoms. The molecule has 0 aliphatic rings. The summed E-state index contributed by atoms with van der Waals surface area (Å²) in [5.41, 5.74) is 1.17. The minimum atomic E-state index is -3.77. The van der Waals surface area contributed by atoms with Crippen molar-refractivity contribution in [1.29, 1.82) is 0 Å². The Kier molecular flexibility index (Phi) is 5.93. The molecular weight excluding hydrogens is 420 g/mol. The highest BCUT2D eigenvalue weighted by atomic mass is 35.5. The lowest BCUT2D eigenvalue weighted by atomic mass is 10.2. The molecule has 0 radical (unpaired) electrons. The van der Waals surface area contributed by atoms with Crippen LogP contribution in [0, 0.1) is 0 Å². The van der Waals surface area contributed by atoms with Crippen molar-refractivity contribution in [2.75, 3.05) is 9.44 Å². The first kappa shape index (κ1) is 20.2. The van der Waals surface area contributed by atoms with Gasteiger partial charge in [-0.2, -0.15) is 0 Å². The second kappa shape index (κ2) is 8.22. The van der Waals surface area contributed by atoms with E-state index in [4.69, 9.17) is 11.6 Å². The fourth-order valence-corrected chi connectivity index (χ4v) is 5.03. The first-order chi connectivity index (χ1) is 13.3. The van der Waals surface area contributed by atoms with E-state index in [1.807, 2.05) is 0 Å². The predicted molar refractivity (Wildman–Crippen MR) is 111 cm³/mol. The Labute approximate surface area is 169 Å². The lowest BCUT2D eigenvalue weighted by Gasteiger charge is -2.11.